The number of amides is 2. The Morgan fingerprint density at radius 1 is 1.18 bits per heavy atom. The van der Waals surface area contributed by atoms with Crippen molar-refractivity contribution in [2.45, 2.75) is 13.0 Å². The fourth-order valence-electron chi connectivity index (χ4n) is 4.60. The highest BCUT2D eigenvalue weighted by Gasteiger charge is 2.49. The molecule has 3 atom stereocenters. The zero-order valence-corrected chi connectivity index (χ0v) is 15.9. The lowest BCUT2D eigenvalue weighted by Crippen LogP contribution is -2.36. The molecule has 2 amide bonds. The first kappa shape index (κ1) is 18.4. The van der Waals surface area contributed by atoms with E-state index in [4.69, 9.17) is 0 Å². The highest BCUT2D eigenvalue weighted by atomic mass is 19.1. The van der Waals surface area contributed by atoms with Gasteiger partial charge in [0.15, 0.2) is 0 Å². The minimum atomic E-state index is -0.315. The SMILES string of the molecule is CNc1ncccc1C(=O)N1C[C@@H]2CN(C(C)=O)[C@@H](c3cccc(F)c3)[C@@H]2C1. The van der Waals surface area contributed by atoms with Crippen LogP contribution in [-0.2, 0) is 4.79 Å². The Bertz CT molecular complexity index is 919. The lowest BCUT2D eigenvalue weighted by Gasteiger charge is -2.29. The van der Waals surface area contributed by atoms with Gasteiger partial charge in [-0.05, 0) is 29.8 Å². The van der Waals surface area contributed by atoms with E-state index in [2.05, 4.69) is 10.3 Å². The summed E-state index contributed by atoms with van der Waals surface area (Å²) in [5.74, 6) is 0.409. The van der Waals surface area contributed by atoms with Crippen LogP contribution in [0.25, 0.3) is 0 Å². The number of aromatic nitrogens is 1. The van der Waals surface area contributed by atoms with E-state index >= 15 is 0 Å². The standard InChI is InChI=1S/C21H23FN4O2/c1-13(27)26-11-15-10-25(21(28)17-7-4-8-24-20(17)23-2)12-18(15)19(26)14-5-3-6-16(22)9-14/h3-9,15,18-19H,10-12H2,1-2H3,(H,23,24)/t15-,18-,19+/m1/s1. The summed E-state index contributed by atoms with van der Waals surface area (Å²) in [6.07, 6.45) is 1.64. The van der Waals surface area contributed by atoms with Crippen molar-refractivity contribution >= 4 is 17.6 Å². The summed E-state index contributed by atoms with van der Waals surface area (Å²) in [7, 11) is 1.74. The van der Waals surface area contributed by atoms with Crippen LogP contribution in [0, 0.1) is 17.7 Å². The van der Waals surface area contributed by atoms with E-state index in [1.54, 1.807) is 38.4 Å². The number of nitrogens with zero attached hydrogens (tertiary/aromatic N) is 3. The lowest BCUT2D eigenvalue weighted by atomic mass is 9.89. The maximum atomic E-state index is 13.8. The summed E-state index contributed by atoms with van der Waals surface area (Å²) in [4.78, 5) is 33.1. The van der Waals surface area contributed by atoms with Crippen LogP contribution in [0.5, 0.6) is 0 Å². The number of benzene rings is 1. The number of carbonyl (C=O) groups is 2. The predicted octanol–water partition coefficient (Wildman–Crippen LogP) is 2.55. The second-order valence-corrected chi connectivity index (χ2v) is 7.45. The topological polar surface area (TPSA) is 65.5 Å². The Balaban J connectivity index is 1.61. The van der Waals surface area contributed by atoms with Gasteiger partial charge in [-0.25, -0.2) is 9.37 Å². The first-order chi connectivity index (χ1) is 13.5. The van der Waals surface area contributed by atoms with E-state index in [0.717, 1.165) is 5.56 Å². The zero-order chi connectivity index (χ0) is 19.8. The van der Waals surface area contributed by atoms with E-state index in [9.17, 15) is 14.0 Å². The first-order valence-corrected chi connectivity index (χ1v) is 9.44. The molecule has 0 radical (unpaired) electrons. The molecule has 1 N–H and O–H groups in total. The maximum absolute atomic E-state index is 13.8. The molecule has 0 spiro atoms. The number of nitrogens with one attached hydrogen (secondary N) is 1. The van der Waals surface area contributed by atoms with Gasteiger partial charge in [-0.1, -0.05) is 12.1 Å². The summed E-state index contributed by atoms with van der Waals surface area (Å²) in [6.45, 7) is 3.24. The van der Waals surface area contributed by atoms with Crippen molar-refractivity contribution in [2.75, 3.05) is 32.0 Å². The van der Waals surface area contributed by atoms with Crippen molar-refractivity contribution in [2.24, 2.45) is 11.8 Å². The maximum Gasteiger partial charge on any atom is 0.257 e. The van der Waals surface area contributed by atoms with Crippen molar-refractivity contribution in [3.05, 3.63) is 59.5 Å². The predicted molar refractivity (Wildman–Crippen MR) is 103 cm³/mol. The summed E-state index contributed by atoms with van der Waals surface area (Å²) in [5.41, 5.74) is 1.32. The largest absolute Gasteiger partial charge is 0.372 e. The molecule has 1 aromatic carbocycles. The number of likely N-dealkylation sites (tertiary alicyclic amines) is 2. The summed E-state index contributed by atoms with van der Waals surface area (Å²) < 4.78 is 13.8. The van der Waals surface area contributed by atoms with Crippen LogP contribution in [-0.4, -0.2) is 53.3 Å². The van der Waals surface area contributed by atoms with Crippen molar-refractivity contribution in [3.63, 3.8) is 0 Å². The van der Waals surface area contributed by atoms with E-state index in [1.165, 1.54) is 12.1 Å². The summed E-state index contributed by atoms with van der Waals surface area (Å²) in [5, 5.41) is 2.96. The highest BCUT2D eigenvalue weighted by molar-refractivity contribution is 5.98. The van der Waals surface area contributed by atoms with Crippen LogP contribution >= 0.6 is 0 Å². The quantitative estimate of drug-likeness (QED) is 0.886. The van der Waals surface area contributed by atoms with Gasteiger partial charge in [0, 0.05) is 51.6 Å². The molecule has 6 nitrogen and oxygen atoms in total. The molecule has 28 heavy (non-hydrogen) atoms. The monoisotopic (exact) mass is 382 g/mol. The Hall–Kier alpha value is -2.96. The van der Waals surface area contributed by atoms with Crippen LogP contribution in [0.4, 0.5) is 10.2 Å². The van der Waals surface area contributed by atoms with Gasteiger partial charge in [-0.2, -0.15) is 0 Å². The molecular formula is C21H23FN4O2. The second-order valence-electron chi connectivity index (χ2n) is 7.45. The molecular weight excluding hydrogens is 359 g/mol. The van der Waals surface area contributed by atoms with Gasteiger partial charge in [-0.3, -0.25) is 9.59 Å². The van der Waals surface area contributed by atoms with Gasteiger partial charge in [0.05, 0.1) is 11.6 Å². The third-order valence-electron chi connectivity index (χ3n) is 5.82. The molecule has 2 aliphatic rings. The third kappa shape index (κ3) is 3.10. The smallest absolute Gasteiger partial charge is 0.257 e. The van der Waals surface area contributed by atoms with Gasteiger partial charge < -0.3 is 15.1 Å². The van der Waals surface area contributed by atoms with Crippen LogP contribution in [0.15, 0.2) is 42.6 Å². The molecule has 3 heterocycles. The van der Waals surface area contributed by atoms with E-state index < -0.39 is 0 Å². The fourth-order valence-corrected chi connectivity index (χ4v) is 4.60. The molecule has 0 unspecified atom stereocenters. The van der Waals surface area contributed by atoms with Gasteiger partial charge in [-0.15, -0.1) is 0 Å². The van der Waals surface area contributed by atoms with Crippen LogP contribution in [0.2, 0.25) is 0 Å². The van der Waals surface area contributed by atoms with E-state index in [1.807, 2.05) is 15.9 Å². The zero-order valence-electron chi connectivity index (χ0n) is 15.9. The Morgan fingerprint density at radius 3 is 2.71 bits per heavy atom. The van der Waals surface area contributed by atoms with Gasteiger partial charge in [0.25, 0.3) is 5.91 Å². The van der Waals surface area contributed by atoms with Crippen molar-refractivity contribution in [1.82, 2.24) is 14.8 Å². The molecule has 2 aromatic rings. The fraction of sp³-hybridized carbons (Fsp3) is 0.381. The molecule has 0 saturated carbocycles. The molecule has 7 heteroatoms. The van der Waals surface area contributed by atoms with Crippen LogP contribution in [0.3, 0.4) is 0 Å². The average Bonchev–Trinajstić information content (AvgIpc) is 3.25. The number of rotatable bonds is 3. The van der Waals surface area contributed by atoms with Crippen LogP contribution in [0.1, 0.15) is 28.9 Å². The minimum Gasteiger partial charge on any atom is -0.372 e. The van der Waals surface area contributed by atoms with Crippen molar-refractivity contribution in [3.8, 4) is 0 Å². The lowest BCUT2D eigenvalue weighted by molar-refractivity contribution is -0.130. The minimum absolute atomic E-state index is 0.0220. The second kappa shape index (κ2) is 7.22. The number of halogens is 1. The molecule has 2 saturated heterocycles. The number of carbonyl (C=O) groups excluding carboxylic acids is 2. The van der Waals surface area contributed by atoms with Gasteiger partial charge in [0.2, 0.25) is 5.91 Å². The Kier molecular flexibility index (Phi) is 4.75. The number of fused-ring (bicyclic) bond motifs is 1. The van der Waals surface area contributed by atoms with Gasteiger partial charge >= 0.3 is 0 Å². The molecule has 4 rings (SSSR count). The summed E-state index contributed by atoms with van der Waals surface area (Å²) in [6, 6.07) is 9.72. The highest BCUT2D eigenvalue weighted by Crippen LogP contribution is 2.45. The number of anilines is 1. The van der Waals surface area contributed by atoms with Crippen molar-refractivity contribution < 1.29 is 14.0 Å². The van der Waals surface area contributed by atoms with Crippen LogP contribution < -0.4 is 5.32 Å². The molecule has 2 fully saturated rings. The molecule has 146 valence electrons. The number of pyridine rings is 1. The Labute approximate surface area is 163 Å². The normalized spacial score (nSPS) is 23.6. The molecule has 0 bridgehead atoms. The van der Waals surface area contributed by atoms with Crippen molar-refractivity contribution in [1.29, 1.82) is 0 Å². The first-order valence-electron chi connectivity index (χ1n) is 9.44. The molecule has 0 aliphatic carbocycles. The molecule has 2 aliphatic heterocycles. The summed E-state index contributed by atoms with van der Waals surface area (Å²) >= 11 is 0. The Morgan fingerprint density at radius 2 is 2.00 bits per heavy atom. The van der Waals surface area contributed by atoms with E-state index in [-0.39, 0.29) is 35.5 Å². The van der Waals surface area contributed by atoms with Gasteiger partial charge in [0.1, 0.15) is 11.6 Å². The third-order valence-corrected chi connectivity index (χ3v) is 5.82. The molecule has 1 aromatic heterocycles. The van der Waals surface area contributed by atoms with E-state index in [0.29, 0.717) is 31.0 Å². The number of hydrogen-bond donors (Lipinski definition) is 1. The average molecular weight is 382 g/mol. The number of hydrogen-bond acceptors (Lipinski definition) is 4.